The molecular formula is C7H10ClIO3. The summed E-state index contributed by atoms with van der Waals surface area (Å²) in [5.41, 5.74) is 0. The molecule has 0 fully saturated rings. The molecule has 0 aromatic carbocycles. The zero-order valence-electron chi connectivity index (χ0n) is 6.89. The summed E-state index contributed by atoms with van der Waals surface area (Å²) in [6.07, 6.45) is 0. The minimum atomic E-state index is -0.383. The van der Waals surface area contributed by atoms with E-state index >= 15 is 0 Å². The zero-order valence-corrected chi connectivity index (χ0v) is 9.81. The molecule has 12 heavy (non-hydrogen) atoms. The fourth-order valence-corrected chi connectivity index (χ4v) is 0.657. The Morgan fingerprint density at radius 2 is 2.08 bits per heavy atom. The highest BCUT2D eigenvalue weighted by molar-refractivity contribution is 14.1. The molecule has 0 amide bonds. The molecule has 0 saturated heterocycles. The van der Waals surface area contributed by atoms with E-state index in [4.69, 9.17) is 16.3 Å². The van der Waals surface area contributed by atoms with Crippen LogP contribution in [0, 0.1) is 0 Å². The molecule has 70 valence electrons. The molecule has 0 aliphatic heterocycles. The first-order valence-corrected chi connectivity index (χ1v) is 4.69. The lowest BCUT2D eigenvalue weighted by atomic mass is 10.5. The highest BCUT2D eigenvalue weighted by Gasteiger charge is 2.01. The van der Waals surface area contributed by atoms with Crippen LogP contribution in [0.2, 0.25) is 0 Å². The second-order valence-electron chi connectivity index (χ2n) is 2.01. The molecule has 0 N–H and O–H groups in total. The Kier molecular flexibility index (Phi) is 6.78. The normalized spacial score (nSPS) is 12.3. The standard InChI is InChI=1S/C7H10ClIO3/c1-5(8)6(9)3-12-4-7(10)11-2/h3-4H2,1-2H3/b6-5+. The molecule has 0 unspecified atom stereocenters. The van der Waals surface area contributed by atoms with E-state index in [1.165, 1.54) is 7.11 Å². The lowest BCUT2D eigenvalue weighted by Crippen LogP contribution is -2.10. The number of rotatable bonds is 4. The Morgan fingerprint density at radius 1 is 1.50 bits per heavy atom. The molecule has 0 radical (unpaired) electrons. The number of methoxy groups -OCH3 is 1. The van der Waals surface area contributed by atoms with Gasteiger partial charge in [0.1, 0.15) is 6.61 Å². The monoisotopic (exact) mass is 304 g/mol. The summed E-state index contributed by atoms with van der Waals surface area (Å²) in [4.78, 5) is 10.6. The van der Waals surface area contributed by atoms with Crippen LogP contribution in [0.5, 0.6) is 0 Å². The van der Waals surface area contributed by atoms with Crippen molar-refractivity contribution in [1.29, 1.82) is 0 Å². The molecule has 5 heteroatoms. The first-order valence-electron chi connectivity index (χ1n) is 3.23. The van der Waals surface area contributed by atoms with Gasteiger partial charge in [-0.25, -0.2) is 4.79 Å². The fraction of sp³-hybridized carbons (Fsp3) is 0.571. The molecule has 0 rings (SSSR count). The van der Waals surface area contributed by atoms with Crippen LogP contribution in [0.1, 0.15) is 6.92 Å². The van der Waals surface area contributed by atoms with Crippen molar-refractivity contribution in [2.45, 2.75) is 6.92 Å². The van der Waals surface area contributed by atoms with Crippen LogP contribution in [0.25, 0.3) is 0 Å². The summed E-state index contributed by atoms with van der Waals surface area (Å²) in [5.74, 6) is -0.383. The SMILES string of the molecule is COC(=O)COC/C(I)=C(/C)Cl. The Bertz CT molecular complexity index is 187. The fourth-order valence-electron chi connectivity index (χ4n) is 0.382. The lowest BCUT2D eigenvalue weighted by Gasteiger charge is -2.02. The number of esters is 1. The molecule has 0 aromatic heterocycles. The topological polar surface area (TPSA) is 35.5 Å². The second-order valence-corrected chi connectivity index (χ2v) is 3.88. The van der Waals surface area contributed by atoms with Crippen molar-refractivity contribution in [3.05, 3.63) is 8.61 Å². The van der Waals surface area contributed by atoms with Gasteiger partial charge in [-0.1, -0.05) is 11.6 Å². The van der Waals surface area contributed by atoms with Gasteiger partial charge in [0.25, 0.3) is 0 Å². The Labute approximate surface area is 90.2 Å². The van der Waals surface area contributed by atoms with E-state index in [0.29, 0.717) is 11.6 Å². The van der Waals surface area contributed by atoms with E-state index in [1.54, 1.807) is 6.92 Å². The van der Waals surface area contributed by atoms with Gasteiger partial charge >= 0.3 is 5.97 Å². The maximum atomic E-state index is 10.6. The van der Waals surface area contributed by atoms with Crippen LogP contribution in [0.3, 0.4) is 0 Å². The lowest BCUT2D eigenvalue weighted by molar-refractivity contribution is -0.145. The third-order valence-electron chi connectivity index (χ3n) is 1.05. The average molecular weight is 305 g/mol. The average Bonchev–Trinajstić information content (AvgIpc) is 2.03. The van der Waals surface area contributed by atoms with Crippen molar-refractivity contribution in [3.63, 3.8) is 0 Å². The molecule has 0 spiro atoms. The molecule has 3 nitrogen and oxygen atoms in total. The van der Waals surface area contributed by atoms with E-state index in [0.717, 1.165) is 3.58 Å². The van der Waals surface area contributed by atoms with Crippen molar-refractivity contribution in [2.75, 3.05) is 20.3 Å². The first-order chi connectivity index (χ1) is 5.57. The number of hydrogen-bond acceptors (Lipinski definition) is 3. The van der Waals surface area contributed by atoms with Gasteiger partial charge in [-0.05, 0) is 29.5 Å². The number of halogens is 2. The maximum Gasteiger partial charge on any atom is 0.331 e. The molecule has 0 atom stereocenters. The number of carbonyl (C=O) groups excluding carboxylic acids is 1. The van der Waals surface area contributed by atoms with Gasteiger partial charge in [-0.15, -0.1) is 0 Å². The van der Waals surface area contributed by atoms with Gasteiger partial charge < -0.3 is 9.47 Å². The minimum absolute atomic E-state index is 0.0346. The number of hydrogen-bond donors (Lipinski definition) is 0. The Hall–Kier alpha value is 0.190. The van der Waals surface area contributed by atoms with E-state index in [9.17, 15) is 4.79 Å². The van der Waals surface area contributed by atoms with E-state index in [-0.39, 0.29) is 12.6 Å². The van der Waals surface area contributed by atoms with Crippen LogP contribution in [-0.4, -0.2) is 26.3 Å². The highest BCUT2D eigenvalue weighted by atomic mass is 127. The quantitative estimate of drug-likeness (QED) is 0.589. The largest absolute Gasteiger partial charge is 0.467 e. The maximum absolute atomic E-state index is 10.6. The number of carbonyl (C=O) groups is 1. The van der Waals surface area contributed by atoms with Gasteiger partial charge in [0.2, 0.25) is 0 Å². The molecule has 0 aliphatic rings. The Balaban J connectivity index is 3.58. The summed E-state index contributed by atoms with van der Waals surface area (Å²) in [7, 11) is 1.32. The van der Waals surface area contributed by atoms with Gasteiger partial charge in [0.05, 0.1) is 13.7 Å². The van der Waals surface area contributed by atoms with Crippen molar-refractivity contribution in [3.8, 4) is 0 Å². The second kappa shape index (κ2) is 6.68. The molecule has 0 aromatic rings. The van der Waals surface area contributed by atoms with Crippen LogP contribution in [0.4, 0.5) is 0 Å². The number of allylic oxidation sites excluding steroid dienone is 1. The smallest absolute Gasteiger partial charge is 0.331 e. The van der Waals surface area contributed by atoms with Crippen molar-refractivity contribution < 1.29 is 14.3 Å². The molecule has 0 saturated carbocycles. The molecule has 0 heterocycles. The Morgan fingerprint density at radius 3 is 2.50 bits per heavy atom. The van der Waals surface area contributed by atoms with E-state index in [1.807, 2.05) is 0 Å². The van der Waals surface area contributed by atoms with Crippen molar-refractivity contribution in [2.24, 2.45) is 0 Å². The van der Waals surface area contributed by atoms with Gasteiger partial charge in [0.15, 0.2) is 0 Å². The van der Waals surface area contributed by atoms with Crippen molar-refractivity contribution >= 4 is 40.2 Å². The van der Waals surface area contributed by atoms with E-state index < -0.39 is 0 Å². The van der Waals surface area contributed by atoms with Crippen LogP contribution < -0.4 is 0 Å². The summed E-state index contributed by atoms with van der Waals surface area (Å²) < 4.78 is 10.2. The van der Waals surface area contributed by atoms with Crippen LogP contribution >= 0.6 is 34.2 Å². The highest BCUT2D eigenvalue weighted by Crippen LogP contribution is 2.15. The van der Waals surface area contributed by atoms with Gasteiger partial charge in [-0.2, -0.15) is 0 Å². The summed E-state index contributed by atoms with van der Waals surface area (Å²) in [5, 5.41) is 0.681. The third-order valence-corrected chi connectivity index (χ3v) is 2.72. The minimum Gasteiger partial charge on any atom is -0.467 e. The number of ether oxygens (including phenoxy) is 2. The van der Waals surface area contributed by atoms with E-state index in [2.05, 4.69) is 27.3 Å². The predicted octanol–water partition coefficient (Wildman–Crippen LogP) is 2.08. The molecular weight excluding hydrogens is 294 g/mol. The predicted molar refractivity (Wildman–Crippen MR) is 55.4 cm³/mol. The molecule has 0 bridgehead atoms. The van der Waals surface area contributed by atoms with Gasteiger partial charge in [-0.3, -0.25) is 0 Å². The van der Waals surface area contributed by atoms with Crippen LogP contribution in [-0.2, 0) is 14.3 Å². The first kappa shape index (κ1) is 12.2. The third kappa shape index (κ3) is 5.79. The summed E-state index contributed by atoms with van der Waals surface area (Å²) in [6.45, 7) is 2.09. The summed E-state index contributed by atoms with van der Waals surface area (Å²) in [6, 6.07) is 0. The van der Waals surface area contributed by atoms with Gasteiger partial charge in [0, 0.05) is 8.61 Å². The summed E-state index contributed by atoms with van der Waals surface area (Å²) >= 11 is 7.71. The van der Waals surface area contributed by atoms with Crippen molar-refractivity contribution in [1.82, 2.24) is 0 Å². The van der Waals surface area contributed by atoms with Crippen LogP contribution in [0.15, 0.2) is 8.61 Å². The zero-order chi connectivity index (χ0) is 9.56. The molecule has 0 aliphatic carbocycles.